The molecule has 0 aliphatic rings. The lowest BCUT2D eigenvalue weighted by atomic mass is 10.0. The van der Waals surface area contributed by atoms with Crippen LogP contribution in [0.2, 0.25) is 5.02 Å². The van der Waals surface area contributed by atoms with Crippen molar-refractivity contribution in [2.24, 2.45) is 5.73 Å². The zero-order chi connectivity index (χ0) is 12.5. The number of halogens is 1. The van der Waals surface area contributed by atoms with Crippen molar-refractivity contribution in [3.05, 3.63) is 35.2 Å². The van der Waals surface area contributed by atoms with Gasteiger partial charge in [-0.25, -0.2) is 0 Å². The molecular weight excluding hydrogens is 238 g/mol. The number of nitrogens with zero attached hydrogens (tertiary/aromatic N) is 2. The fourth-order valence-electron chi connectivity index (χ4n) is 1.36. The van der Waals surface area contributed by atoms with Gasteiger partial charge in [0.25, 0.3) is 0 Å². The average Bonchev–Trinajstić information content (AvgIpc) is 2.79. The largest absolute Gasteiger partial charge is 0.337 e. The molecule has 0 spiro atoms. The van der Waals surface area contributed by atoms with Gasteiger partial charge in [0.05, 0.1) is 10.6 Å². The smallest absolute Gasteiger partial charge is 0.246 e. The fraction of sp³-hybridized carbons (Fsp3) is 0.333. The van der Waals surface area contributed by atoms with Crippen LogP contribution in [-0.4, -0.2) is 10.1 Å². The van der Waals surface area contributed by atoms with Gasteiger partial charge in [-0.15, -0.1) is 0 Å². The van der Waals surface area contributed by atoms with Crippen LogP contribution in [0, 0.1) is 0 Å². The quantitative estimate of drug-likeness (QED) is 0.911. The van der Waals surface area contributed by atoms with Crippen molar-refractivity contribution in [3.8, 4) is 11.4 Å². The predicted octanol–water partition coefficient (Wildman–Crippen LogP) is 2.97. The first kappa shape index (κ1) is 12.1. The monoisotopic (exact) mass is 251 g/mol. The molecule has 4 nitrogen and oxygen atoms in total. The maximum atomic E-state index is 6.06. The molecule has 0 aliphatic carbocycles. The van der Waals surface area contributed by atoms with Gasteiger partial charge in [0.15, 0.2) is 0 Å². The van der Waals surface area contributed by atoms with Crippen molar-refractivity contribution < 1.29 is 4.52 Å². The van der Waals surface area contributed by atoms with E-state index in [9.17, 15) is 0 Å². The molecule has 2 aromatic rings. The molecule has 0 saturated heterocycles. The summed E-state index contributed by atoms with van der Waals surface area (Å²) in [6.07, 6.45) is 0.719. The first-order valence-corrected chi connectivity index (χ1v) is 5.80. The topological polar surface area (TPSA) is 64.9 Å². The van der Waals surface area contributed by atoms with E-state index in [4.69, 9.17) is 21.9 Å². The Kier molecular flexibility index (Phi) is 3.17. The highest BCUT2D eigenvalue weighted by Crippen LogP contribution is 2.27. The number of benzene rings is 1. The van der Waals surface area contributed by atoms with Crippen LogP contribution in [0.15, 0.2) is 28.8 Å². The van der Waals surface area contributed by atoms with Crippen molar-refractivity contribution in [2.45, 2.75) is 25.8 Å². The van der Waals surface area contributed by atoms with Gasteiger partial charge in [-0.3, -0.25) is 0 Å². The maximum absolute atomic E-state index is 6.06. The highest BCUT2D eigenvalue weighted by atomic mass is 35.5. The summed E-state index contributed by atoms with van der Waals surface area (Å²) in [6, 6.07) is 7.36. The van der Waals surface area contributed by atoms with Crippen LogP contribution < -0.4 is 5.73 Å². The first-order valence-electron chi connectivity index (χ1n) is 5.42. The lowest BCUT2D eigenvalue weighted by molar-refractivity contribution is 0.291. The number of hydrogen-bond acceptors (Lipinski definition) is 4. The second-order valence-electron chi connectivity index (χ2n) is 4.17. The molecule has 0 fully saturated rings. The minimum atomic E-state index is -0.605. The summed E-state index contributed by atoms with van der Waals surface area (Å²) in [4.78, 5) is 4.30. The van der Waals surface area contributed by atoms with Crippen LogP contribution in [0.3, 0.4) is 0 Å². The number of rotatable bonds is 3. The highest BCUT2D eigenvalue weighted by Gasteiger charge is 2.26. The third kappa shape index (κ3) is 2.33. The molecule has 1 aromatic carbocycles. The molecule has 17 heavy (non-hydrogen) atoms. The summed E-state index contributed by atoms with van der Waals surface area (Å²) < 4.78 is 5.18. The SMILES string of the molecule is CCC(C)(N)c1nc(-c2ccccc2Cl)no1. The fourth-order valence-corrected chi connectivity index (χ4v) is 1.58. The molecule has 1 aromatic heterocycles. The van der Waals surface area contributed by atoms with Gasteiger partial charge >= 0.3 is 0 Å². The van der Waals surface area contributed by atoms with Crippen molar-refractivity contribution in [2.75, 3.05) is 0 Å². The summed E-state index contributed by atoms with van der Waals surface area (Å²) in [5.41, 5.74) is 6.18. The molecule has 0 aliphatic heterocycles. The standard InChI is InChI=1S/C12H14ClN3O/c1-3-12(2,14)11-15-10(16-17-11)8-6-4-5-7-9(8)13/h4-7H,3,14H2,1-2H3. The zero-order valence-electron chi connectivity index (χ0n) is 9.77. The summed E-state index contributed by atoms with van der Waals surface area (Å²) in [7, 11) is 0. The molecule has 0 bridgehead atoms. The van der Waals surface area contributed by atoms with E-state index in [0.717, 1.165) is 12.0 Å². The number of aromatic nitrogens is 2. The van der Waals surface area contributed by atoms with E-state index in [1.54, 1.807) is 6.07 Å². The second kappa shape index (κ2) is 4.47. The molecule has 5 heteroatoms. The Morgan fingerprint density at radius 3 is 2.76 bits per heavy atom. The maximum Gasteiger partial charge on any atom is 0.246 e. The minimum Gasteiger partial charge on any atom is -0.337 e. The Morgan fingerprint density at radius 1 is 1.41 bits per heavy atom. The van der Waals surface area contributed by atoms with Gasteiger partial charge < -0.3 is 10.3 Å². The van der Waals surface area contributed by atoms with Crippen molar-refractivity contribution in [1.82, 2.24) is 10.1 Å². The van der Waals surface area contributed by atoms with E-state index in [0.29, 0.717) is 16.7 Å². The molecule has 0 amide bonds. The number of hydrogen-bond donors (Lipinski definition) is 1. The molecule has 1 heterocycles. The van der Waals surface area contributed by atoms with Crippen molar-refractivity contribution in [3.63, 3.8) is 0 Å². The normalized spacial score (nSPS) is 14.6. The van der Waals surface area contributed by atoms with E-state index in [1.165, 1.54) is 0 Å². The third-order valence-corrected chi connectivity index (χ3v) is 3.09. The lowest BCUT2D eigenvalue weighted by Gasteiger charge is -2.16. The molecular formula is C12H14ClN3O. The van der Waals surface area contributed by atoms with Gasteiger partial charge in [-0.1, -0.05) is 35.8 Å². The Hall–Kier alpha value is -1.39. The van der Waals surface area contributed by atoms with Crippen molar-refractivity contribution >= 4 is 11.6 Å². The van der Waals surface area contributed by atoms with Gasteiger partial charge in [0, 0.05) is 5.56 Å². The third-order valence-electron chi connectivity index (χ3n) is 2.76. The summed E-state index contributed by atoms with van der Waals surface area (Å²) in [5.74, 6) is 0.894. The predicted molar refractivity (Wildman–Crippen MR) is 66.6 cm³/mol. The Balaban J connectivity index is 2.40. The summed E-state index contributed by atoms with van der Waals surface area (Å²) >= 11 is 6.06. The molecule has 2 rings (SSSR count). The van der Waals surface area contributed by atoms with E-state index in [2.05, 4.69) is 10.1 Å². The molecule has 0 radical (unpaired) electrons. The Bertz CT molecular complexity index is 522. The first-order chi connectivity index (χ1) is 8.04. The van der Waals surface area contributed by atoms with Crippen LogP contribution in [0.4, 0.5) is 0 Å². The Labute approximate surface area is 105 Å². The molecule has 1 atom stereocenters. The van der Waals surface area contributed by atoms with Crippen LogP contribution >= 0.6 is 11.6 Å². The second-order valence-corrected chi connectivity index (χ2v) is 4.58. The van der Waals surface area contributed by atoms with Gasteiger partial charge in [-0.2, -0.15) is 4.98 Å². The lowest BCUT2D eigenvalue weighted by Crippen LogP contribution is -2.32. The molecule has 90 valence electrons. The van der Waals surface area contributed by atoms with E-state index in [-0.39, 0.29) is 0 Å². The number of nitrogens with two attached hydrogens (primary N) is 1. The van der Waals surface area contributed by atoms with E-state index >= 15 is 0 Å². The highest BCUT2D eigenvalue weighted by molar-refractivity contribution is 6.33. The average molecular weight is 252 g/mol. The van der Waals surface area contributed by atoms with Crippen LogP contribution in [0.25, 0.3) is 11.4 Å². The summed E-state index contributed by atoms with van der Waals surface area (Å²) in [6.45, 7) is 3.83. The Morgan fingerprint density at radius 2 is 2.12 bits per heavy atom. The van der Waals surface area contributed by atoms with Gasteiger partial charge in [0.1, 0.15) is 0 Å². The van der Waals surface area contributed by atoms with Gasteiger partial charge in [0.2, 0.25) is 11.7 Å². The molecule has 0 saturated carbocycles. The van der Waals surface area contributed by atoms with Crippen molar-refractivity contribution in [1.29, 1.82) is 0 Å². The summed E-state index contributed by atoms with van der Waals surface area (Å²) in [5, 5.41) is 4.50. The molecule has 2 N–H and O–H groups in total. The minimum absolute atomic E-state index is 0.426. The van der Waals surface area contributed by atoms with Crippen LogP contribution in [-0.2, 0) is 5.54 Å². The van der Waals surface area contributed by atoms with Gasteiger partial charge in [-0.05, 0) is 25.5 Å². The van der Waals surface area contributed by atoms with E-state index < -0.39 is 5.54 Å². The van der Waals surface area contributed by atoms with Crippen LogP contribution in [0.5, 0.6) is 0 Å². The zero-order valence-corrected chi connectivity index (χ0v) is 10.5. The van der Waals surface area contributed by atoms with E-state index in [1.807, 2.05) is 32.0 Å². The molecule has 1 unspecified atom stereocenters. The van der Waals surface area contributed by atoms with Crippen LogP contribution in [0.1, 0.15) is 26.2 Å².